The van der Waals surface area contributed by atoms with Crippen molar-refractivity contribution < 1.29 is 26.4 Å². The molecule has 1 saturated heterocycles. The summed E-state index contributed by atoms with van der Waals surface area (Å²) in [6.07, 6.45) is 0.705. The van der Waals surface area contributed by atoms with Gasteiger partial charge in [0.25, 0.3) is 0 Å². The number of halogens is 1. The van der Waals surface area contributed by atoms with Gasteiger partial charge in [0, 0.05) is 24.7 Å². The average molecular weight is 502 g/mol. The Bertz CT molecular complexity index is 1190. The van der Waals surface area contributed by atoms with E-state index >= 15 is 0 Å². The predicted molar refractivity (Wildman–Crippen MR) is 121 cm³/mol. The molecular weight excluding hydrogens is 478 g/mol. The van der Waals surface area contributed by atoms with Gasteiger partial charge in [0.1, 0.15) is 5.75 Å². The Morgan fingerprint density at radius 2 is 1.69 bits per heavy atom. The average Bonchev–Trinajstić information content (AvgIpc) is 2.75. The molecule has 32 heavy (non-hydrogen) atoms. The summed E-state index contributed by atoms with van der Waals surface area (Å²) in [7, 11) is -7.56. The van der Waals surface area contributed by atoms with E-state index in [0.717, 1.165) is 0 Å². The first-order chi connectivity index (χ1) is 15.0. The Morgan fingerprint density at radius 3 is 2.22 bits per heavy atom. The Balaban J connectivity index is 1.61. The van der Waals surface area contributed by atoms with Crippen molar-refractivity contribution in [2.75, 3.05) is 25.0 Å². The lowest BCUT2D eigenvalue weighted by Crippen LogP contribution is -2.41. The Kier molecular flexibility index (Phi) is 7.46. The molecule has 0 bridgehead atoms. The molecule has 0 aromatic heterocycles. The minimum absolute atomic E-state index is 0.0524. The third-order valence-corrected chi connectivity index (χ3v) is 8.24. The van der Waals surface area contributed by atoms with Crippen LogP contribution in [0.15, 0.2) is 52.3 Å². The number of hydrogen-bond donors (Lipinski definition) is 2. The van der Waals surface area contributed by atoms with Gasteiger partial charge in [-0.05, 0) is 62.2 Å². The highest BCUT2D eigenvalue weighted by molar-refractivity contribution is 7.89. The molecule has 1 aliphatic heterocycles. The fourth-order valence-corrected chi connectivity index (χ4v) is 5.71. The summed E-state index contributed by atoms with van der Waals surface area (Å²) in [4.78, 5) is 12.6. The van der Waals surface area contributed by atoms with Gasteiger partial charge in [0.15, 0.2) is 0 Å². The van der Waals surface area contributed by atoms with Crippen molar-refractivity contribution >= 4 is 43.2 Å². The molecule has 174 valence electrons. The first kappa shape index (κ1) is 24.5. The van der Waals surface area contributed by atoms with Gasteiger partial charge in [0.05, 0.1) is 21.4 Å². The molecular formula is C20H24ClN3O6S2. The zero-order valence-electron chi connectivity index (χ0n) is 17.3. The maximum atomic E-state index is 13.0. The molecule has 1 amide bonds. The number of primary sulfonamides is 1. The smallest absolute Gasteiger partial charge is 0.243 e. The Morgan fingerprint density at radius 1 is 1.09 bits per heavy atom. The molecule has 1 aliphatic rings. The molecule has 1 heterocycles. The van der Waals surface area contributed by atoms with Crippen molar-refractivity contribution in [1.82, 2.24) is 4.31 Å². The van der Waals surface area contributed by atoms with Crippen LogP contribution in [0.4, 0.5) is 5.69 Å². The fourth-order valence-electron chi connectivity index (χ4n) is 3.39. The monoisotopic (exact) mass is 501 g/mol. The van der Waals surface area contributed by atoms with Gasteiger partial charge in [-0.3, -0.25) is 4.79 Å². The number of nitrogens with two attached hydrogens (primary N) is 1. The van der Waals surface area contributed by atoms with E-state index in [0.29, 0.717) is 30.9 Å². The molecule has 0 aliphatic carbocycles. The number of hydrogen-bond acceptors (Lipinski definition) is 6. The summed E-state index contributed by atoms with van der Waals surface area (Å²) in [6, 6.07) is 9.87. The first-order valence-corrected chi connectivity index (χ1v) is 13.2. The van der Waals surface area contributed by atoms with Crippen LogP contribution in [-0.2, 0) is 24.8 Å². The lowest BCUT2D eigenvalue weighted by molar-refractivity contribution is -0.120. The summed E-state index contributed by atoms with van der Waals surface area (Å²) in [6.45, 7) is 2.60. The molecule has 3 N–H and O–H groups in total. The van der Waals surface area contributed by atoms with Crippen LogP contribution in [0.25, 0.3) is 0 Å². The van der Waals surface area contributed by atoms with Gasteiger partial charge in [0.2, 0.25) is 26.0 Å². The summed E-state index contributed by atoms with van der Waals surface area (Å²) < 4.78 is 55.2. The second-order valence-corrected chi connectivity index (χ2v) is 11.2. The molecule has 2 aromatic carbocycles. The van der Waals surface area contributed by atoms with Gasteiger partial charge in [-0.1, -0.05) is 11.6 Å². The van der Waals surface area contributed by atoms with Crippen molar-refractivity contribution in [3.05, 3.63) is 47.5 Å². The lowest BCUT2D eigenvalue weighted by Gasteiger charge is -2.30. The van der Waals surface area contributed by atoms with E-state index in [1.807, 2.05) is 0 Å². The van der Waals surface area contributed by atoms with E-state index in [1.165, 1.54) is 46.8 Å². The largest absolute Gasteiger partial charge is 0.492 e. The normalized spacial score (nSPS) is 16.0. The van der Waals surface area contributed by atoms with Gasteiger partial charge >= 0.3 is 0 Å². The molecule has 9 nitrogen and oxygen atoms in total. The summed E-state index contributed by atoms with van der Waals surface area (Å²) in [5, 5.41) is 8.01. The fraction of sp³-hybridized carbons (Fsp3) is 0.350. The molecule has 0 unspecified atom stereocenters. The van der Waals surface area contributed by atoms with E-state index < -0.39 is 20.0 Å². The van der Waals surface area contributed by atoms with Crippen molar-refractivity contribution in [3.63, 3.8) is 0 Å². The third kappa shape index (κ3) is 5.59. The zero-order chi connectivity index (χ0) is 23.5. The van der Waals surface area contributed by atoms with Crippen LogP contribution in [0.2, 0.25) is 5.02 Å². The number of benzene rings is 2. The Labute approximate surface area is 192 Å². The number of sulfonamides is 2. The molecule has 0 saturated carbocycles. The highest BCUT2D eigenvalue weighted by Crippen LogP contribution is 2.30. The number of amides is 1. The van der Waals surface area contributed by atoms with Crippen LogP contribution in [0.3, 0.4) is 0 Å². The maximum absolute atomic E-state index is 13.0. The summed E-state index contributed by atoms with van der Waals surface area (Å²) in [5.41, 5.74) is 0.432. The van der Waals surface area contributed by atoms with E-state index in [9.17, 15) is 21.6 Å². The summed E-state index contributed by atoms with van der Waals surface area (Å²) in [5.74, 6) is -0.210. The molecule has 0 spiro atoms. The lowest BCUT2D eigenvalue weighted by atomic mass is 9.97. The second-order valence-electron chi connectivity index (χ2n) is 7.26. The van der Waals surface area contributed by atoms with Crippen LogP contribution in [0, 0.1) is 5.92 Å². The number of ether oxygens (including phenoxy) is 1. The number of anilines is 1. The van der Waals surface area contributed by atoms with Gasteiger partial charge in [-0.15, -0.1) is 0 Å². The van der Waals surface area contributed by atoms with Crippen LogP contribution >= 0.6 is 11.6 Å². The maximum Gasteiger partial charge on any atom is 0.243 e. The van der Waals surface area contributed by atoms with Crippen molar-refractivity contribution in [3.8, 4) is 5.75 Å². The van der Waals surface area contributed by atoms with E-state index in [1.54, 1.807) is 6.92 Å². The Hall–Kier alpha value is -2.18. The van der Waals surface area contributed by atoms with Crippen LogP contribution in [0.1, 0.15) is 19.8 Å². The van der Waals surface area contributed by atoms with Gasteiger partial charge < -0.3 is 10.1 Å². The van der Waals surface area contributed by atoms with Crippen molar-refractivity contribution in [1.29, 1.82) is 0 Å². The van der Waals surface area contributed by atoms with Crippen LogP contribution < -0.4 is 15.2 Å². The molecule has 12 heteroatoms. The number of carbonyl (C=O) groups excluding carboxylic acids is 1. The molecule has 1 fully saturated rings. The quantitative estimate of drug-likeness (QED) is 0.598. The minimum Gasteiger partial charge on any atom is -0.492 e. The summed E-state index contributed by atoms with van der Waals surface area (Å²) >= 11 is 6.13. The molecule has 0 radical (unpaired) electrons. The van der Waals surface area contributed by atoms with Gasteiger partial charge in [-0.25, -0.2) is 22.0 Å². The minimum atomic E-state index is -3.81. The molecule has 3 rings (SSSR count). The van der Waals surface area contributed by atoms with Crippen LogP contribution in [0.5, 0.6) is 5.75 Å². The number of nitrogens with zero attached hydrogens (tertiary/aromatic N) is 1. The van der Waals surface area contributed by atoms with Gasteiger partial charge in [-0.2, -0.15) is 4.31 Å². The highest BCUT2D eigenvalue weighted by Gasteiger charge is 2.32. The molecule has 2 aromatic rings. The standard InChI is InChI=1S/C20H24ClN3O6S2/c1-2-30-19-8-7-17(13-18(19)21)32(28,29)24-11-9-14(10-12-24)20(25)23-15-3-5-16(6-4-15)31(22,26)27/h3-8,13-14H,2,9-12H2,1H3,(H,23,25)(H2,22,26,27). The number of piperidine rings is 1. The molecule has 0 atom stereocenters. The third-order valence-electron chi connectivity index (χ3n) is 5.12. The van der Waals surface area contributed by atoms with E-state index in [-0.39, 0.29) is 39.7 Å². The first-order valence-electron chi connectivity index (χ1n) is 9.88. The number of carbonyl (C=O) groups is 1. The topological polar surface area (TPSA) is 136 Å². The van der Waals surface area contributed by atoms with Crippen molar-refractivity contribution in [2.45, 2.75) is 29.6 Å². The predicted octanol–water partition coefficient (Wildman–Crippen LogP) is 2.43. The zero-order valence-corrected chi connectivity index (χ0v) is 19.7. The SMILES string of the molecule is CCOc1ccc(S(=O)(=O)N2CCC(C(=O)Nc3ccc(S(N)(=O)=O)cc3)CC2)cc1Cl. The van der Waals surface area contributed by atoms with E-state index in [4.69, 9.17) is 21.5 Å². The number of nitrogens with one attached hydrogen (secondary N) is 1. The van der Waals surface area contributed by atoms with E-state index in [2.05, 4.69) is 5.32 Å². The highest BCUT2D eigenvalue weighted by atomic mass is 35.5. The van der Waals surface area contributed by atoms with Crippen molar-refractivity contribution in [2.24, 2.45) is 11.1 Å². The number of rotatable bonds is 7. The van der Waals surface area contributed by atoms with Crippen LogP contribution in [-0.4, -0.2) is 46.7 Å². The second kappa shape index (κ2) is 9.75.